The topological polar surface area (TPSA) is 46.5 Å². The van der Waals surface area contributed by atoms with E-state index < -0.39 is 5.97 Å². The summed E-state index contributed by atoms with van der Waals surface area (Å²) in [6.45, 7) is 4.65. The maximum absolute atomic E-state index is 10.5. The molecular formula is C18H18O3. The van der Waals surface area contributed by atoms with Gasteiger partial charge in [-0.1, -0.05) is 30.3 Å². The van der Waals surface area contributed by atoms with Crippen molar-refractivity contribution in [2.24, 2.45) is 0 Å². The molecule has 0 bridgehead atoms. The lowest BCUT2D eigenvalue weighted by Gasteiger charge is -2.08. The normalized spacial score (nSPS) is 10.8. The van der Waals surface area contributed by atoms with Crippen molar-refractivity contribution in [1.82, 2.24) is 0 Å². The SMILES string of the molecule is Cc1ccc(COc2cccc(C=CC(=O)O)c2)cc1C. The third-order valence-corrected chi connectivity index (χ3v) is 3.25. The van der Waals surface area contributed by atoms with Gasteiger partial charge in [-0.3, -0.25) is 0 Å². The Balaban J connectivity index is 2.04. The summed E-state index contributed by atoms with van der Waals surface area (Å²) in [4.78, 5) is 10.5. The largest absolute Gasteiger partial charge is 0.489 e. The molecule has 2 aromatic rings. The number of aliphatic carboxylic acids is 1. The summed E-state index contributed by atoms with van der Waals surface area (Å²) in [6.07, 6.45) is 2.66. The van der Waals surface area contributed by atoms with Gasteiger partial charge in [-0.25, -0.2) is 4.79 Å². The maximum Gasteiger partial charge on any atom is 0.328 e. The van der Waals surface area contributed by atoms with E-state index in [0.717, 1.165) is 23.0 Å². The average molecular weight is 282 g/mol. The third-order valence-electron chi connectivity index (χ3n) is 3.25. The van der Waals surface area contributed by atoms with Crippen molar-refractivity contribution in [1.29, 1.82) is 0 Å². The van der Waals surface area contributed by atoms with Gasteiger partial charge in [0.1, 0.15) is 12.4 Å². The third kappa shape index (κ3) is 4.49. The van der Waals surface area contributed by atoms with E-state index in [1.54, 1.807) is 6.08 Å². The molecule has 0 aromatic heterocycles. The highest BCUT2D eigenvalue weighted by molar-refractivity contribution is 5.85. The molecular weight excluding hydrogens is 264 g/mol. The van der Waals surface area contributed by atoms with Crippen LogP contribution in [0.25, 0.3) is 6.08 Å². The average Bonchev–Trinajstić information content (AvgIpc) is 2.47. The Morgan fingerprint density at radius 3 is 2.67 bits per heavy atom. The number of rotatable bonds is 5. The zero-order chi connectivity index (χ0) is 15.2. The molecule has 0 saturated carbocycles. The Hall–Kier alpha value is -2.55. The first-order valence-electron chi connectivity index (χ1n) is 6.74. The quantitative estimate of drug-likeness (QED) is 0.844. The zero-order valence-corrected chi connectivity index (χ0v) is 12.2. The fraction of sp³-hybridized carbons (Fsp3) is 0.167. The van der Waals surface area contributed by atoms with E-state index in [1.807, 2.05) is 24.3 Å². The molecule has 0 atom stereocenters. The van der Waals surface area contributed by atoms with Crippen LogP contribution in [-0.4, -0.2) is 11.1 Å². The van der Waals surface area contributed by atoms with Crippen LogP contribution in [-0.2, 0) is 11.4 Å². The first-order chi connectivity index (χ1) is 10.0. The molecule has 2 rings (SSSR count). The van der Waals surface area contributed by atoms with Gasteiger partial charge in [-0.15, -0.1) is 0 Å². The van der Waals surface area contributed by atoms with Crippen LogP contribution in [0.15, 0.2) is 48.5 Å². The van der Waals surface area contributed by atoms with Crippen LogP contribution >= 0.6 is 0 Å². The number of carbonyl (C=O) groups is 1. The van der Waals surface area contributed by atoms with E-state index in [9.17, 15) is 4.79 Å². The summed E-state index contributed by atoms with van der Waals surface area (Å²) < 4.78 is 5.75. The van der Waals surface area contributed by atoms with Crippen LogP contribution in [0.5, 0.6) is 5.75 Å². The minimum absolute atomic E-state index is 0.493. The Labute approximate surface area is 124 Å². The van der Waals surface area contributed by atoms with Gasteiger partial charge >= 0.3 is 5.97 Å². The number of aryl methyl sites for hydroxylation is 2. The minimum atomic E-state index is -0.962. The first kappa shape index (κ1) is 14.9. The molecule has 0 unspecified atom stereocenters. The van der Waals surface area contributed by atoms with Gasteiger partial charge in [-0.2, -0.15) is 0 Å². The predicted molar refractivity (Wildman–Crippen MR) is 83.4 cm³/mol. The van der Waals surface area contributed by atoms with Crippen molar-refractivity contribution < 1.29 is 14.6 Å². The van der Waals surface area contributed by atoms with Crippen molar-refractivity contribution in [2.45, 2.75) is 20.5 Å². The van der Waals surface area contributed by atoms with Gasteiger partial charge in [0.05, 0.1) is 0 Å². The predicted octanol–water partition coefficient (Wildman–Crippen LogP) is 3.98. The molecule has 108 valence electrons. The number of ether oxygens (including phenoxy) is 1. The molecule has 21 heavy (non-hydrogen) atoms. The van der Waals surface area contributed by atoms with Gasteiger partial charge in [0, 0.05) is 6.08 Å². The van der Waals surface area contributed by atoms with Crippen molar-refractivity contribution in [3.05, 3.63) is 70.8 Å². The van der Waals surface area contributed by atoms with Crippen molar-refractivity contribution in [3.8, 4) is 5.75 Å². The van der Waals surface area contributed by atoms with Crippen LogP contribution in [0.4, 0.5) is 0 Å². The fourth-order valence-electron chi connectivity index (χ4n) is 1.94. The zero-order valence-electron chi connectivity index (χ0n) is 12.2. The van der Waals surface area contributed by atoms with Gasteiger partial charge < -0.3 is 9.84 Å². The highest BCUT2D eigenvalue weighted by Gasteiger charge is 1.99. The standard InChI is InChI=1S/C18H18O3/c1-13-6-7-16(10-14(13)2)12-21-17-5-3-4-15(11-17)8-9-18(19)20/h3-11H,12H2,1-2H3,(H,19,20). The lowest BCUT2D eigenvalue weighted by molar-refractivity contribution is -0.131. The number of carboxylic acids is 1. The fourth-order valence-corrected chi connectivity index (χ4v) is 1.94. The van der Waals surface area contributed by atoms with Crippen molar-refractivity contribution in [2.75, 3.05) is 0 Å². The smallest absolute Gasteiger partial charge is 0.328 e. The van der Waals surface area contributed by atoms with E-state index in [0.29, 0.717) is 6.61 Å². The lowest BCUT2D eigenvalue weighted by atomic mass is 10.1. The van der Waals surface area contributed by atoms with Gasteiger partial charge in [-0.05, 0) is 54.3 Å². The van der Waals surface area contributed by atoms with E-state index in [2.05, 4.69) is 32.0 Å². The Morgan fingerprint density at radius 2 is 1.95 bits per heavy atom. The Kier molecular flexibility index (Phi) is 4.77. The van der Waals surface area contributed by atoms with Gasteiger partial charge in [0.25, 0.3) is 0 Å². The molecule has 3 heteroatoms. The first-order valence-corrected chi connectivity index (χ1v) is 6.74. The summed E-state index contributed by atoms with van der Waals surface area (Å²) in [5, 5.41) is 8.63. The van der Waals surface area contributed by atoms with Crippen LogP contribution in [0, 0.1) is 13.8 Å². The van der Waals surface area contributed by atoms with Crippen LogP contribution in [0.1, 0.15) is 22.3 Å². The summed E-state index contributed by atoms with van der Waals surface area (Å²) >= 11 is 0. The maximum atomic E-state index is 10.5. The van der Waals surface area contributed by atoms with E-state index in [1.165, 1.54) is 11.1 Å². The highest BCUT2D eigenvalue weighted by Crippen LogP contribution is 2.17. The number of hydrogen-bond donors (Lipinski definition) is 1. The molecule has 0 aliphatic carbocycles. The molecule has 0 aliphatic heterocycles. The van der Waals surface area contributed by atoms with Gasteiger partial charge in [0.15, 0.2) is 0 Å². The summed E-state index contributed by atoms with van der Waals surface area (Å²) in [6, 6.07) is 13.6. The van der Waals surface area contributed by atoms with Crippen LogP contribution in [0.2, 0.25) is 0 Å². The summed E-state index contributed by atoms with van der Waals surface area (Å²) in [5.41, 5.74) is 4.42. The molecule has 0 saturated heterocycles. The van der Waals surface area contributed by atoms with E-state index in [4.69, 9.17) is 9.84 Å². The number of carboxylic acid groups (broad SMARTS) is 1. The molecule has 0 amide bonds. The molecule has 2 aromatic carbocycles. The van der Waals surface area contributed by atoms with E-state index in [-0.39, 0.29) is 0 Å². The second-order valence-electron chi connectivity index (χ2n) is 4.95. The Bertz CT molecular complexity index is 672. The number of hydrogen-bond acceptors (Lipinski definition) is 2. The lowest BCUT2D eigenvalue weighted by Crippen LogP contribution is -1.96. The second-order valence-corrected chi connectivity index (χ2v) is 4.95. The van der Waals surface area contributed by atoms with Gasteiger partial charge in [0.2, 0.25) is 0 Å². The summed E-state index contributed by atoms with van der Waals surface area (Å²) in [7, 11) is 0. The van der Waals surface area contributed by atoms with E-state index >= 15 is 0 Å². The number of benzene rings is 2. The minimum Gasteiger partial charge on any atom is -0.489 e. The molecule has 0 radical (unpaired) electrons. The molecule has 0 aliphatic rings. The molecule has 0 spiro atoms. The van der Waals surface area contributed by atoms with Crippen molar-refractivity contribution in [3.63, 3.8) is 0 Å². The van der Waals surface area contributed by atoms with Crippen molar-refractivity contribution >= 4 is 12.0 Å². The summed E-state index contributed by atoms with van der Waals surface area (Å²) in [5.74, 6) is -0.239. The molecule has 1 N–H and O–H groups in total. The molecule has 3 nitrogen and oxygen atoms in total. The van der Waals surface area contributed by atoms with Crippen LogP contribution in [0.3, 0.4) is 0 Å². The Morgan fingerprint density at radius 1 is 1.14 bits per heavy atom. The molecule has 0 heterocycles. The van der Waals surface area contributed by atoms with Crippen LogP contribution < -0.4 is 4.74 Å². The monoisotopic (exact) mass is 282 g/mol. The highest BCUT2D eigenvalue weighted by atomic mass is 16.5. The second kappa shape index (κ2) is 6.75. The molecule has 0 fully saturated rings.